The van der Waals surface area contributed by atoms with E-state index in [4.69, 9.17) is 11.6 Å². The molecule has 1 atom stereocenters. The minimum Gasteiger partial charge on any atom is -0.351 e. The van der Waals surface area contributed by atoms with E-state index in [9.17, 15) is 9.59 Å². The summed E-state index contributed by atoms with van der Waals surface area (Å²) < 4.78 is 2.26. The lowest BCUT2D eigenvalue weighted by atomic mass is 9.84. The van der Waals surface area contributed by atoms with Gasteiger partial charge in [-0.3, -0.25) is 9.59 Å². The van der Waals surface area contributed by atoms with Crippen LogP contribution in [0.4, 0.5) is 0 Å². The number of carbonyl (C=O) groups is 2. The van der Waals surface area contributed by atoms with Crippen LogP contribution in [0.5, 0.6) is 0 Å². The maximum Gasteiger partial charge on any atom is 0.237 e. The van der Waals surface area contributed by atoms with Gasteiger partial charge in [-0.05, 0) is 30.4 Å². The predicted octanol–water partition coefficient (Wildman–Crippen LogP) is 2.31. The van der Waals surface area contributed by atoms with Gasteiger partial charge < -0.3 is 14.8 Å². The van der Waals surface area contributed by atoms with E-state index in [1.54, 1.807) is 4.90 Å². The standard InChI is InChI=1S/C17H24ClN3O2/c1-17(2)8-15(22)19-14(17)11-20(16(23)9-18)10-13-4-3-7-21(13)12-5-6-12/h3-4,7,12,14H,5-6,8-11H2,1-2H3,(H,19,22). The minimum absolute atomic E-state index is 0.0356. The Morgan fingerprint density at radius 1 is 1.48 bits per heavy atom. The Labute approximate surface area is 142 Å². The van der Waals surface area contributed by atoms with Gasteiger partial charge in [-0.2, -0.15) is 0 Å². The van der Waals surface area contributed by atoms with E-state index >= 15 is 0 Å². The topological polar surface area (TPSA) is 54.3 Å². The van der Waals surface area contributed by atoms with Crippen molar-refractivity contribution in [3.05, 3.63) is 24.0 Å². The number of alkyl halides is 1. The van der Waals surface area contributed by atoms with Crippen LogP contribution in [0.25, 0.3) is 0 Å². The van der Waals surface area contributed by atoms with Crippen molar-refractivity contribution in [2.75, 3.05) is 12.4 Å². The smallest absolute Gasteiger partial charge is 0.237 e. The fourth-order valence-electron chi connectivity index (χ4n) is 3.30. The van der Waals surface area contributed by atoms with Gasteiger partial charge in [0, 0.05) is 30.9 Å². The highest BCUT2D eigenvalue weighted by Crippen LogP contribution is 2.36. The quantitative estimate of drug-likeness (QED) is 0.810. The predicted molar refractivity (Wildman–Crippen MR) is 89.2 cm³/mol. The largest absolute Gasteiger partial charge is 0.351 e. The fraction of sp³-hybridized carbons (Fsp3) is 0.647. The zero-order valence-electron chi connectivity index (χ0n) is 13.7. The third-order valence-corrected chi connectivity index (χ3v) is 5.15. The number of nitrogens with one attached hydrogen (secondary N) is 1. The first-order chi connectivity index (χ1) is 10.9. The summed E-state index contributed by atoms with van der Waals surface area (Å²) in [7, 11) is 0. The van der Waals surface area contributed by atoms with Crippen molar-refractivity contribution in [3.63, 3.8) is 0 Å². The number of hydrogen-bond donors (Lipinski definition) is 1. The molecule has 1 N–H and O–H groups in total. The van der Waals surface area contributed by atoms with Crippen LogP contribution in [0, 0.1) is 5.41 Å². The van der Waals surface area contributed by atoms with Crippen molar-refractivity contribution in [3.8, 4) is 0 Å². The summed E-state index contributed by atoms with van der Waals surface area (Å²) >= 11 is 5.80. The van der Waals surface area contributed by atoms with Crippen molar-refractivity contribution in [2.45, 2.75) is 51.7 Å². The van der Waals surface area contributed by atoms with Crippen LogP contribution in [0.2, 0.25) is 0 Å². The number of carbonyl (C=O) groups excluding carboxylic acids is 2. The van der Waals surface area contributed by atoms with Gasteiger partial charge in [0.25, 0.3) is 0 Å². The first-order valence-electron chi connectivity index (χ1n) is 8.19. The molecule has 126 valence electrons. The van der Waals surface area contributed by atoms with Gasteiger partial charge in [-0.1, -0.05) is 13.8 Å². The second-order valence-electron chi connectivity index (χ2n) is 7.33. The molecular formula is C17H24ClN3O2. The van der Waals surface area contributed by atoms with Crippen molar-refractivity contribution in [1.29, 1.82) is 0 Å². The number of nitrogens with zero attached hydrogens (tertiary/aromatic N) is 2. The van der Waals surface area contributed by atoms with Crippen LogP contribution in [-0.2, 0) is 16.1 Å². The highest BCUT2D eigenvalue weighted by molar-refractivity contribution is 6.27. The van der Waals surface area contributed by atoms with Crippen LogP contribution in [0.15, 0.2) is 18.3 Å². The molecule has 0 radical (unpaired) electrons. The molecule has 0 spiro atoms. The van der Waals surface area contributed by atoms with Gasteiger partial charge in [0.15, 0.2) is 0 Å². The van der Waals surface area contributed by atoms with Crippen molar-refractivity contribution in [1.82, 2.24) is 14.8 Å². The third-order valence-electron chi connectivity index (χ3n) is 4.92. The molecule has 3 rings (SSSR count). The summed E-state index contributed by atoms with van der Waals surface area (Å²) in [5.74, 6) is -0.0719. The van der Waals surface area contributed by atoms with Gasteiger partial charge in [0.1, 0.15) is 5.88 Å². The fourth-order valence-corrected chi connectivity index (χ4v) is 3.47. The Hall–Kier alpha value is -1.49. The summed E-state index contributed by atoms with van der Waals surface area (Å²) in [4.78, 5) is 25.8. The highest BCUT2D eigenvalue weighted by Gasteiger charge is 2.40. The van der Waals surface area contributed by atoms with E-state index in [0.29, 0.717) is 25.6 Å². The number of aromatic nitrogens is 1. The van der Waals surface area contributed by atoms with Gasteiger partial charge in [-0.25, -0.2) is 0 Å². The lowest BCUT2D eigenvalue weighted by molar-refractivity contribution is -0.130. The molecule has 0 aromatic carbocycles. The van der Waals surface area contributed by atoms with Crippen molar-refractivity contribution < 1.29 is 9.59 Å². The lowest BCUT2D eigenvalue weighted by Crippen LogP contribution is -2.46. The average molecular weight is 338 g/mol. The van der Waals surface area contributed by atoms with Crippen molar-refractivity contribution in [2.24, 2.45) is 5.41 Å². The summed E-state index contributed by atoms with van der Waals surface area (Å²) in [6.45, 7) is 5.16. The summed E-state index contributed by atoms with van der Waals surface area (Å²) in [5.41, 5.74) is 0.980. The maximum atomic E-state index is 12.3. The van der Waals surface area contributed by atoms with Gasteiger partial charge in [0.2, 0.25) is 11.8 Å². The van der Waals surface area contributed by atoms with E-state index in [-0.39, 0.29) is 29.2 Å². The zero-order chi connectivity index (χ0) is 16.6. The molecule has 2 fully saturated rings. The van der Waals surface area contributed by atoms with Crippen LogP contribution in [-0.4, -0.2) is 39.7 Å². The van der Waals surface area contributed by atoms with Crippen LogP contribution in [0.3, 0.4) is 0 Å². The second kappa shape index (κ2) is 6.19. The number of halogens is 1. The first kappa shape index (κ1) is 16.4. The molecular weight excluding hydrogens is 314 g/mol. The molecule has 23 heavy (non-hydrogen) atoms. The Bertz CT molecular complexity index is 607. The lowest BCUT2D eigenvalue weighted by Gasteiger charge is -2.32. The molecule has 1 aromatic heterocycles. The molecule has 1 aliphatic heterocycles. The Balaban J connectivity index is 1.74. The van der Waals surface area contributed by atoms with Crippen LogP contribution >= 0.6 is 11.6 Å². The number of rotatable bonds is 6. The number of hydrogen-bond acceptors (Lipinski definition) is 2. The molecule has 2 heterocycles. The third kappa shape index (κ3) is 3.55. The maximum absolute atomic E-state index is 12.3. The van der Waals surface area contributed by atoms with E-state index in [0.717, 1.165) is 5.69 Å². The molecule has 2 amide bonds. The van der Waals surface area contributed by atoms with Crippen LogP contribution < -0.4 is 5.32 Å². The summed E-state index contributed by atoms with van der Waals surface area (Å²) in [5, 5.41) is 3.00. The molecule has 6 heteroatoms. The monoisotopic (exact) mass is 337 g/mol. The zero-order valence-corrected chi connectivity index (χ0v) is 14.5. The first-order valence-corrected chi connectivity index (χ1v) is 8.73. The Morgan fingerprint density at radius 2 is 2.22 bits per heavy atom. The molecule has 1 saturated heterocycles. The average Bonchev–Trinajstić information content (AvgIpc) is 3.17. The van der Waals surface area contributed by atoms with E-state index in [2.05, 4.69) is 36.0 Å². The molecule has 1 aliphatic carbocycles. The normalized spacial score (nSPS) is 22.9. The highest BCUT2D eigenvalue weighted by atomic mass is 35.5. The van der Waals surface area contributed by atoms with E-state index < -0.39 is 0 Å². The summed E-state index contributed by atoms with van der Waals surface area (Å²) in [6.07, 6.45) is 4.99. The molecule has 2 aliphatic rings. The molecule has 0 bridgehead atoms. The Kier molecular flexibility index (Phi) is 4.41. The van der Waals surface area contributed by atoms with Gasteiger partial charge >= 0.3 is 0 Å². The van der Waals surface area contributed by atoms with Gasteiger partial charge in [0.05, 0.1) is 12.6 Å². The van der Waals surface area contributed by atoms with Crippen molar-refractivity contribution >= 4 is 23.4 Å². The van der Waals surface area contributed by atoms with E-state index in [1.165, 1.54) is 12.8 Å². The molecule has 5 nitrogen and oxygen atoms in total. The molecule has 1 aromatic rings. The Morgan fingerprint density at radius 3 is 2.78 bits per heavy atom. The number of amides is 2. The second-order valence-corrected chi connectivity index (χ2v) is 7.60. The molecule has 1 saturated carbocycles. The van der Waals surface area contributed by atoms with Crippen LogP contribution in [0.1, 0.15) is 44.8 Å². The SMILES string of the molecule is CC1(C)CC(=O)NC1CN(Cc1cccn1C1CC1)C(=O)CCl. The van der Waals surface area contributed by atoms with E-state index in [1.807, 2.05) is 6.07 Å². The van der Waals surface area contributed by atoms with Gasteiger partial charge in [-0.15, -0.1) is 11.6 Å². The summed E-state index contributed by atoms with van der Waals surface area (Å²) in [6, 6.07) is 4.63. The minimum atomic E-state index is -0.152. The molecule has 1 unspecified atom stereocenters.